The van der Waals surface area contributed by atoms with Gasteiger partial charge in [-0.15, -0.1) is 0 Å². The van der Waals surface area contributed by atoms with E-state index in [1.165, 1.54) is 12.8 Å². The van der Waals surface area contributed by atoms with Gasteiger partial charge in [0.05, 0.1) is 15.6 Å². The monoisotopic (exact) mass is 257 g/mol. The summed E-state index contributed by atoms with van der Waals surface area (Å²) in [6.45, 7) is 0. The zero-order valence-electron chi connectivity index (χ0n) is 8.80. The molecule has 0 aliphatic heterocycles. The van der Waals surface area contributed by atoms with E-state index < -0.39 is 0 Å². The SMILES string of the molecule is O=C(NC1CCCC1)c1c(Cl)cccc1Cl. The molecule has 0 unspecified atom stereocenters. The summed E-state index contributed by atoms with van der Waals surface area (Å²) >= 11 is 11.9. The molecule has 1 fully saturated rings. The second-order valence-electron chi connectivity index (χ2n) is 4.05. The molecule has 0 radical (unpaired) electrons. The molecular weight excluding hydrogens is 245 g/mol. The molecule has 1 aromatic carbocycles. The average molecular weight is 258 g/mol. The third kappa shape index (κ3) is 2.50. The molecule has 2 nitrogen and oxygen atoms in total. The van der Waals surface area contributed by atoms with Crippen LogP contribution in [-0.2, 0) is 0 Å². The summed E-state index contributed by atoms with van der Waals surface area (Å²) in [5.41, 5.74) is 0.387. The Balaban J connectivity index is 2.13. The van der Waals surface area contributed by atoms with Crippen LogP contribution >= 0.6 is 23.2 Å². The maximum atomic E-state index is 12.0. The lowest BCUT2D eigenvalue weighted by molar-refractivity contribution is 0.0938. The lowest BCUT2D eigenvalue weighted by Gasteiger charge is -2.13. The van der Waals surface area contributed by atoms with E-state index in [1.54, 1.807) is 18.2 Å². The molecule has 0 heterocycles. The van der Waals surface area contributed by atoms with Crippen molar-refractivity contribution in [2.45, 2.75) is 31.7 Å². The van der Waals surface area contributed by atoms with E-state index in [-0.39, 0.29) is 11.9 Å². The van der Waals surface area contributed by atoms with E-state index in [2.05, 4.69) is 5.32 Å². The molecule has 0 saturated heterocycles. The third-order valence-electron chi connectivity index (χ3n) is 2.88. The van der Waals surface area contributed by atoms with Crippen LogP contribution in [0.4, 0.5) is 0 Å². The minimum Gasteiger partial charge on any atom is -0.349 e. The first kappa shape index (κ1) is 11.7. The van der Waals surface area contributed by atoms with Crippen molar-refractivity contribution < 1.29 is 4.79 Å². The maximum absolute atomic E-state index is 12.0. The summed E-state index contributed by atoms with van der Waals surface area (Å²) in [6.07, 6.45) is 4.46. The summed E-state index contributed by atoms with van der Waals surface area (Å²) in [5, 5.41) is 3.78. The van der Waals surface area contributed by atoms with E-state index in [1.807, 2.05) is 0 Å². The summed E-state index contributed by atoms with van der Waals surface area (Å²) in [6, 6.07) is 5.37. The molecule has 0 aromatic heterocycles. The van der Waals surface area contributed by atoms with Crippen molar-refractivity contribution in [2.75, 3.05) is 0 Å². The van der Waals surface area contributed by atoms with Gasteiger partial charge in [0.15, 0.2) is 0 Å². The number of hydrogen-bond donors (Lipinski definition) is 1. The first-order valence-electron chi connectivity index (χ1n) is 5.43. The van der Waals surface area contributed by atoms with E-state index in [0.29, 0.717) is 15.6 Å². The number of rotatable bonds is 2. The largest absolute Gasteiger partial charge is 0.349 e. The van der Waals surface area contributed by atoms with Crippen LogP contribution in [0, 0.1) is 0 Å². The number of amides is 1. The van der Waals surface area contributed by atoms with Gasteiger partial charge in [0.1, 0.15) is 0 Å². The molecule has 1 saturated carbocycles. The van der Waals surface area contributed by atoms with Crippen molar-refractivity contribution in [3.05, 3.63) is 33.8 Å². The van der Waals surface area contributed by atoms with Crippen LogP contribution in [0.15, 0.2) is 18.2 Å². The average Bonchev–Trinajstić information content (AvgIpc) is 2.70. The second-order valence-corrected chi connectivity index (χ2v) is 4.87. The molecule has 0 spiro atoms. The van der Waals surface area contributed by atoms with E-state index in [9.17, 15) is 4.79 Å². The van der Waals surface area contributed by atoms with Gasteiger partial charge in [-0.05, 0) is 25.0 Å². The molecular formula is C12H13Cl2NO. The van der Waals surface area contributed by atoms with Gasteiger partial charge in [-0.3, -0.25) is 4.79 Å². The molecule has 4 heteroatoms. The minimum atomic E-state index is -0.164. The number of benzene rings is 1. The summed E-state index contributed by atoms with van der Waals surface area (Å²) in [5.74, 6) is -0.164. The van der Waals surface area contributed by atoms with E-state index in [0.717, 1.165) is 12.8 Å². The van der Waals surface area contributed by atoms with Gasteiger partial charge in [0.2, 0.25) is 0 Å². The highest BCUT2D eigenvalue weighted by Gasteiger charge is 2.20. The zero-order valence-corrected chi connectivity index (χ0v) is 10.3. The Hall–Kier alpha value is -0.730. The van der Waals surface area contributed by atoms with Crippen molar-refractivity contribution in [3.8, 4) is 0 Å². The fourth-order valence-electron chi connectivity index (χ4n) is 2.04. The van der Waals surface area contributed by atoms with Crippen LogP contribution in [0.3, 0.4) is 0 Å². The molecule has 0 atom stereocenters. The lowest BCUT2D eigenvalue weighted by Crippen LogP contribution is -2.32. The van der Waals surface area contributed by atoms with Crippen LogP contribution in [0.25, 0.3) is 0 Å². The minimum absolute atomic E-state index is 0.164. The smallest absolute Gasteiger partial charge is 0.254 e. The lowest BCUT2D eigenvalue weighted by atomic mass is 10.2. The number of carbonyl (C=O) groups excluding carboxylic acids is 1. The highest BCUT2D eigenvalue weighted by molar-refractivity contribution is 6.39. The predicted octanol–water partition coefficient (Wildman–Crippen LogP) is 3.67. The topological polar surface area (TPSA) is 29.1 Å². The van der Waals surface area contributed by atoms with E-state index >= 15 is 0 Å². The van der Waals surface area contributed by atoms with Gasteiger partial charge in [0, 0.05) is 6.04 Å². The molecule has 1 aromatic rings. The maximum Gasteiger partial charge on any atom is 0.254 e. The van der Waals surface area contributed by atoms with Crippen molar-refractivity contribution in [2.24, 2.45) is 0 Å². The van der Waals surface area contributed by atoms with Crippen LogP contribution in [-0.4, -0.2) is 11.9 Å². The van der Waals surface area contributed by atoms with Crippen LogP contribution in [0.1, 0.15) is 36.0 Å². The van der Waals surface area contributed by atoms with Crippen molar-refractivity contribution >= 4 is 29.1 Å². The molecule has 0 bridgehead atoms. The van der Waals surface area contributed by atoms with Gasteiger partial charge < -0.3 is 5.32 Å². The Labute approximate surface area is 105 Å². The van der Waals surface area contributed by atoms with Gasteiger partial charge >= 0.3 is 0 Å². The summed E-state index contributed by atoms with van der Waals surface area (Å²) in [4.78, 5) is 12.0. The molecule has 1 N–H and O–H groups in total. The Morgan fingerprint density at radius 1 is 1.19 bits per heavy atom. The predicted molar refractivity (Wildman–Crippen MR) is 66.2 cm³/mol. The normalized spacial score (nSPS) is 16.4. The molecule has 2 rings (SSSR count). The van der Waals surface area contributed by atoms with Crippen LogP contribution in [0.2, 0.25) is 10.0 Å². The summed E-state index contributed by atoms with van der Waals surface area (Å²) < 4.78 is 0. The third-order valence-corrected chi connectivity index (χ3v) is 3.51. The number of hydrogen-bond acceptors (Lipinski definition) is 1. The fourth-order valence-corrected chi connectivity index (χ4v) is 2.61. The number of nitrogens with one attached hydrogen (secondary N) is 1. The quantitative estimate of drug-likeness (QED) is 0.861. The Bertz CT molecular complexity index is 380. The number of halogens is 2. The van der Waals surface area contributed by atoms with E-state index in [4.69, 9.17) is 23.2 Å². The molecule has 1 amide bonds. The second kappa shape index (κ2) is 5.07. The van der Waals surface area contributed by atoms with Crippen molar-refractivity contribution in [1.29, 1.82) is 0 Å². The zero-order chi connectivity index (χ0) is 11.5. The van der Waals surface area contributed by atoms with Gasteiger partial charge in [-0.1, -0.05) is 42.1 Å². The number of carbonyl (C=O) groups is 1. The van der Waals surface area contributed by atoms with Crippen LogP contribution in [0.5, 0.6) is 0 Å². The molecule has 1 aliphatic carbocycles. The Morgan fingerprint density at radius 3 is 2.31 bits per heavy atom. The Kier molecular flexibility index (Phi) is 3.72. The van der Waals surface area contributed by atoms with Crippen molar-refractivity contribution in [3.63, 3.8) is 0 Å². The molecule has 86 valence electrons. The highest BCUT2D eigenvalue weighted by Crippen LogP contribution is 2.25. The van der Waals surface area contributed by atoms with Gasteiger partial charge in [0.25, 0.3) is 5.91 Å². The summed E-state index contributed by atoms with van der Waals surface area (Å²) in [7, 11) is 0. The van der Waals surface area contributed by atoms with Gasteiger partial charge in [-0.25, -0.2) is 0 Å². The van der Waals surface area contributed by atoms with Crippen molar-refractivity contribution in [1.82, 2.24) is 5.32 Å². The standard InChI is InChI=1S/C12H13Cl2NO/c13-9-6-3-7-10(14)11(9)12(16)15-8-4-1-2-5-8/h3,6-8H,1-2,4-5H2,(H,15,16). The Morgan fingerprint density at radius 2 is 1.75 bits per heavy atom. The van der Waals surface area contributed by atoms with Gasteiger partial charge in [-0.2, -0.15) is 0 Å². The van der Waals surface area contributed by atoms with Crippen LogP contribution < -0.4 is 5.32 Å². The first-order chi connectivity index (χ1) is 7.68. The highest BCUT2D eigenvalue weighted by atomic mass is 35.5. The molecule has 16 heavy (non-hydrogen) atoms. The fraction of sp³-hybridized carbons (Fsp3) is 0.417. The first-order valence-corrected chi connectivity index (χ1v) is 6.19. The molecule has 1 aliphatic rings.